The van der Waals surface area contributed by atoms with Crippen LogP contribution in [0.1, 0.15) is 34.1 Å². The van der Waals surface area contributed by atoms with Crippen molar-refractivity contribution in [2.75, 3.05) is 13.1 Å². The van der Waals surface area contributed by atoms with E-state index >= 15 is 0 Å². The maximum Gasteiger partial charge on any atom is 0.407 e. The molecule has 2 N–H and O–H groups in total. The first-order valence-corrected chi connectivity index (χ1v) is 6.62. The topological polar surface area (TPSA) is 50.4 Å². The second kappa shape index (κ2) is 4.48. The molecule has 0 spiro atoms. The Morgan fingerprint density at radius 3 is 2.47 bits per heavy atom. The highest BCUT2D eigenvalue weighted by Crippen LogP contribution is 2.51. The summed E-state index contributed by atoms with van der Waals surface area (Å²) < 4.78 is 5.30. The van der Waals surface area contributed by atoms with Gasteiger partial charge in [0.05, 0.1) is 0 Å². The Kier molecular flexibility index (Phi) is 3.34. The third-order valence-corrected chi connectivity index (χ3v) is 3.76. The molecule has 4 heteroatoms. The van der Waals surface area contributed by atoms with Crippen molar-refractivity contribution >= 4 is 6.09 Å². The monoisotopic (exact) mass is 240 g/mol. The van der Waals surface area contributed by atoms with Crippen molar-refractivity contribution in [1.29, 1.82) is 0 Å². The van der Waals surface area contributed by atoms with Crippen LogP contribution in [0.25, 0.3) is 0 Å². The molecule has 2 rings (SSSR count). The first-order valence-electron chi connectivity index (χ1n) is 6.62. The van der Waals surface area contributed by atoms with Gasteiger partial charge < -0.3 is 15.4 Å². The van der Waals surface area contributed by atoms with Crippen LogP contribution >= 0.6 is 0 Å². The summed E-state index contributed by atoms with van der Waals surface area (Å²) in [6.07, 6.45) is 0.707. The van der Waals surface area contributed by atoms with Gasteiger partial charge in [-0.05, 0) is 58.0 Å². The van der Waals surface area contributed by atoms with Gasteiger partial charge >= 0.3 is 6.09 Å². The molecule has 3 atom stereocenters. The van der Waals surface area contributed by atoms with Crippen molar-refractivity contribution in [2.45, 2.75) is 45.8 Å². The van der Waals surface area contributed by atoms with Gasteiger partial charge in [0.15, 0.2) is 0 Å². The number of hydrogen-bond acceptors (Lipinski definition) is 3. The zero-order chi connectivity index (χ0) is 12.6. The van der Waals surface area contributed by atoms with Crippen molar-refractivity contribution in [3.05, 3.63) is 0 Å². The molecular formula is C13H24N2O2. The summed E-state index contributed by atoms with van der Waals surface area (Å²) >= 11 is 0. The van der Waals surface area contributed by atoms with Crippen molar-refractivity contribution in [2.24, 2.45) is 17.8 Å². The second-order valence-corrected chi connectivity index (χ2v) is 6.22. The van der Waals surface area contributed by atoms with E-state index < -0.39 is 5.60 Å². The predicted molar refractivity (Wildman–Crippen MR) is 66.8 cm³/mol. The largest absolute Gasteiger partial charge is 0.444 e. The van der Waals surface area contributed by atoms with Gasteiger partial charge in [0.25, 0.3) is 0 Å². The maximum atomic E-state index is 11.7. The quantitative estimate of drug-likeness (QED) is 0.790. The Hall–Kier alpha value is -0.770. The lowest BCUT2D eigenvalue weighted by Gasteiger charge is -2.24. The molecule has 17 heavy (non-hydrogen) atoms. The molecule has 2 fully saturated rings. The summed E-state index contributed by atoms with van der Waals surface area (Å²) in [6, 6.07) is 0.280. The van der Waals surface area contributed by atoms with Crippen LogP contribution in [-0.4, -0.2) is 30.8 Å². The lowest BCUT2D eigenvalue weighted by atomic mass is 10.1. The number of alkyl carbamates (subject to hydrolysis) is 1. The molecule has 2 aliphatic rings. The van der Waals surface area contributed by atoms with Crippen molar-refractivity contribution < 1.29 is 9.53 Å². The first-order chi connectivity index (χ1) is 7.92. The molecule has 1 aliphatic heterocycles. The SMILES string of the molecule is CC[C@H](NC(=O)OC(C)(C)C)C1C2CNCC21. The minimum Gasteiger partial charge on any atom is -0.444 e. The highest BCUT2D eigenvalue weighted by Gasteiger charge is 2.56. The third-order valence-electron chi connectivity index (χ3n) is 3.76. The van der Waals surface area contributed by atoms with Crippen LogP contribution in [0.3, 0.4) is 0 Å². The molecule has 1 heterocycles. The summed E-state index contributed by atoms with van der Waals surface area (Å²) in [5.41, 5.74) is -0.413. The minimum absolute atomic E-state index is 0.276. The predicted octanol–water partition coefficient (Wildman–Crippen LogP) is 1.76. The fourth-order valence-corrected chi connectivity index (χ4v) is 2.99. The molecular weight excluding hydrogens is 216 g/mol. The molecule has 4 nitrogen and oxygen atoms in total. The minimum atomic E-state index is -0.413. The van der Waals surface area contributed by atoms with E-state index in [2.05, 4.69) is 17.6 Å². The van der Waals surface area contributed by atoms with Gasteiger partial charge in [-0.25, -0.2) is 4.79 Å². The molecule has 0 aromatic carbocycles. The third kappa shape index (κ3) is 2.92. The van der Waals surface area contributed by atoms with Gasteiger partial charge in [0.2, 0.25) is 0 Å². The molecule has 1 aliphatic carbocycles. The van der Waals surface area contributed by atoms with E-state index in [9.17, 15) is 4.79 Å². The normalized spacial score (nSPS) is 32.8. The average Bonchev–Trinajstić information content (AvgIpc) is 2.67. The average molecular weight is 240 g/mol. The van der Waals surface area contributed by atoms with E-state index in [1.165, 1.54) is 0 Å². The Bertz CT molecular complexity index is 288. The number of amides is 1. The number of piperidine rings is 1. The smallest absolute Gasteiger partial charge is 0.407 e. The molecule has 0 aromatic rings. The van der Waals surface area contributed by atoms with E-state index in [1.54, 1.807) is 0 Å². The van der Waals surface area contributed by atoms with E-state index in [0.717, 1.165) is 31.3 Å². The van der Waals surface area contributed by atoms with Crippen LogP contribution < -0.4 is 10.6 Å². The number of rotatable bonds is 3. The van der Waals surface area contributed by atoms with E-state index in [0.29, 0.717) is 5.92 Å². The molecule has 2 unspecified atom stereocenters. The summed E-state index contributed by atoms with van der Waals surface area (Å²) in [5, 5.41) is 6.40. The molecule has 0 radical (unpaired) electrons. The number of fused-ring (bicyclic) bond motifs is 1. The van der Waals surface area contributed by atoms with Crippen molar-refractivity contribution in [3.8, 4) is 0 Å². The molecule has 0 bridgehead atoms. The first kappa shape index (κ1) is 12.7. The Balaban J connectivity index is 1.82. The molecule has 1 amide bonds. The highest BCUT2D eigenvalue weighted by atomic mass is 16.6. The van der Waals surface area contributed by atoms with E-state index in [1.807, 2.05) is 20.8 Å². The van der Waals surface area contributed by atoms with Crippen molar-refractivity contribution in [1.82, 2.24) is 10.6 Å². The molecule has 98 valence electrons. The van der Waals surface area contributed by atoms with Gasteiger partial charge in [0, 0.05) is 6.04 Å². The van der Waals surface area contributed by atoms with Gasteiger partial charge in [-0.2, -0.15) is 0 Å². The fourth-order valence-electron chi connectivity index (χ4n) is 2.99. The van der Waals surface area contributed by atoms with Crippen LogP contribution in [-0.2, 0) is 4.74 Å². The zero-order valence-electron chi connectivity index (χ0n) is 11.2. The molecule has 0 aromatic heterocycles. The summed E-state index contributed by atoms with van der Waals surface area (Å²) in [4.78, 5) is 11.7. The van der Waals surface area contributed by atoms with E-state index in [4.69, 9.17) is 4.74 Å². The lowest BCUT2D eigenvalue weighted by Crippen LogP contribution is -2.41. The van der Waals surface area contributed by atoms with Crippen LogP contribution in [0.15, 0.2) is 0 Å². The van der Waals surface area contributed by atoms with Crippen LogP contribution in [0.4, 0.5) is 4.79 Å². The Morgan fingerprint density at radius 2 is 2.00 bits per heavy atom. The highest BCUT2D eigenvalue weighted by molar-refractivity contribution is 5.68. The number of hydrogen-bond donors (Lipinski definition) is 2. The fraction of sp³-hybridized carbons (Fsp3) is 0.923. The number of carbonyl (C=O) groups is 1. The van der Waals surface area contributed by atoms with Gasteiger partial charge in [-0.3, -0.25) is 0 Å². The molecule has 1 saturated carbocycles. The van der Waals surface area contributed by atoms with Gasteiger partial charge in [-0.1, -0.05) is 6.92 Å². The van der Waals surface area contributed by atoms with Crippen LogP contribution in [0.2, 0.25) is 0 Å². The van der Waals surface area contributed by atoms with Crippen LogP contribution in [0.5, 0.6) is 0 Å². The maximum absolute atomic E-state index is 11.7. The van der Waals surface area contributed by atoms with E-state index in [-0.39, 0.29) is 12.1 Å². The zero-order valence-corrected chi connectivity index (χ0v) is 11.2. The summed E-state index contributed by atoms with van der Waals surface area (Å²) in [5.74, 6) is 2.21. The number of ether oxygens (including phenoxy) is 1. The van der Waals surface area contributed by atoms with Gasteiger partial charge in [0.1, 0.15) is 5.60 Å². The Morgan fingerprint density at radius 1 is 1.41 bits per heavy atom. The van der Waals surface area contributed by atoms with Crippen molar-refractivity contribution in [3.63, 3.8) is 0 Å². The lowest BCUT2D eigenvalue weighted by molar-refractivity contribution is 0.0493. The summed E-state index contributed by atoms with van der Waals surface area (Å²) in [7, 11) is 0. The molecule has 1 saturated heterocycles. The second-order valence-electron chi connectivity index (χ2n) is 6.22. The summed E-state index contributed by atoms with van der Waals surface area (Å²) in [6.45, 7) is 10.0. The van der Waals surface area contributed by atoms with Gasteiger partial charge in [-0.15, -0.1) is 0 Å². The standard InChI is InChI=1S/C13H24N2O2/c1-5-10(11-8-6-14-7-9(8)11)15-12(16)17-13(2,3)4/h8-11,14H,5-7H2,1-4H3,(H,15,16)/t8?,9?,10-,11?/m0/s1. The number of nitrogens with one attached hydrogen (secondary N) is 2. The Labute approximate surface area is 103 Å². The number of carbonyl (C=O) groups excluding carboxylic acids is 1. The van der Waals surface area contributed by atoms with Crippen LogP contribution in [0, 0.1) is 17.8 Å².